The van der Waals surface area contributed by atoms with Crippen LogP contribution in [0.25, 0.3) is 0 Å². The lowest BCUT2D eigenvalue weighted by molar-refractivity contribution is 0.387. The summed E-state index contributed by atoms with van der Waals surface area (Å²) in [5.41, 5.74) is 6.66. The molecule has 0 radical (unpaired) electrons. The standard InChI is InChI=1S/C11H17BrN4/c1-7(2)15-9-5-16(6-9)11-10(13)3-8(12)4-14-11/h3-4,7,9,15H,5-6,13H2,1-2H3. The SMILES string of the molecule is CC(C)NC1CN(c2ncc(Br)cc2N)C1. The number of nitrogen functional groups attached to an aromatic ring is 1. The van der Waals surface area contributed by atoms with Crippen molar-refractivity contribution in [3.63, 3.8) is 0 Å². The van der Waals surface area contributed by atoms with Crippen molar-refractivity contribution in [3.05, 3.63) is 16.7 Å². The van der Waals surface area contributed by atoms with Gasteiger partial charge in [-0.05, 0) is 22.0 Å². The van der Waals surface area contributed by atoms with Crippen molar-refractivity contribution in [1.29, 1.82) is 0 Å². The number of nitrogens with one attached hydrogen (secondary N) is 1. The molecule has 16 heavy (non-hydrogen) atoms. The molecule has 0 spiro atoms. The maximum atomic E-state index is 5.92. The lowest BCUT2D eigenvalue weighted by Crippen LogP contribution is -2.59. The molecular formula is C11H17BrN4. The molecule has 4 nitrogen and oxygen atoms in total. The van der Waals surface area contributed by atoms with E-state index in [0.717, 1.165) is 29.1 Å². The molecule has 1 aliphatic heterocycles. The minimum atomic E-state index is 0.530. The molecule has 1 aliphatic rings. The van der Waals surface area contributed by atoms with Gasteiger partial charge in [0.05, 0.1) is 5.69 Å². The monoisotopic (exact) mass is 284 g/mol. The van der Waals surface area contributed by atoms with Crippen LogP contribution in [0.3, 0.4) is 0 Å². The van der Waals surface area contributed by atoms with E-state index < -0.39 is 0 Å². The van der Waals surface area contributed by atoms with Gasteiger partial charge in [-0.3, -0.25) is 0 Å². The van der Waals surface area contributed by atoms with E-state index in [1.807, 2.05) is 6.07 Å². The summed E-state index contributed by atoms with van der Waals surface area (Å²) >= 11 is 3.36. The fourth-order valence-electron chi connectivity index (χ4n) is 1.94. The Morgan fingerprint density at radius 1 is 1.56 bits per heavy atom. The van der Waals surface area contributed by atoms with E-state index in [1.54, 1.807) is 6.20 Å². The number of rotatable bonds is 3. The van der Waals surface area contributed by atoms with E-state index in [-0.39, 0.29) is 0 Å². The maximum absolute atomic E-state index is 5.92. The van der Waals surface area contributed by atoms with E-state index >= 15 is 0 Å². The molecule has 0 aliphatic carbocycles. The van der Waals surface area contributed by atoms with E-state index in [2.05, 4.69) is 45.0 Å². The summed E-state index contributed by atoms with van der Waals surface area (Å²) in [4.78, 5) is 6.54. The molecule has 88 valence electrons. The summed E-state index contributed by atoms with van der Waals surface area (Å²) in [5.74, 6) is 0.894. The van der Waals surface area contributed by atoms with Crippen molar-refractivity contribution in [3.8, 4) is 0 Å². The van der Waals surface area contributed by atoms with Crippen molar-refractivity contribution in [2.75, 3.05) is 23.7 Å². The number of pyridine rings is 1. The first-order valence-corrected chi connectivity index (χ1v) is 6.27. The smallest absolute Gasteiger partial charge is 0.151 e. The third-order valence-electron chi connectivity index (χ3n) is 2.61. The predicted molar refractivity (Wildman–Crippen MR) is 70.6 cm³/mol. The average molecular weight is 285 g/mol. The number of hydrogen-bond donors (Lipinski definition) is 2. The fraction of sp³-hybridized carbons (Fsp3) is 0.545. The van der Waals surface area contributed by atoms with Crippen LogP contribution in [0.2, 0.25) is 0 Å². The number of hydrogen-bond acceptors (Lipinski definition) is 4. The van der Waals surface area contributed by atoms with Gasteiger partial charge < -0.3 is 16.0 Å². The van der Waals surface area contributed by atoms with Crippen LogP contribution in [-0.4, -0.2) is 30.2 Å². The van der Waals surface area contributed by atoms with Gasteiger partial charge >= 0.3 is 0 Å². The molecule has 1 aromatic heterocycles. The van der Waals surface area contributed by atoms with E-state index in [9.17, 15) is 0 Å². The Balaban J connectivity index is 1.96. The molecule has 0 bridgehead atoms. The number of anilines is 2. The van der Waals surface area contributed by atoms with Crippen LogP contribution in [-0.2, 0) is 0 Å². The minimum Gasteiger partial charge on any atom is -0.396 e. The number of halogens is 1. The lowest BCUT2D eigenvalue weighted by atomic mass is 10.1. The molecular weight excluding hydrogens is 268 g/mol. The second kappa shape index (κ2) is 4.59. The van der Waals surface area contributed by atoms with Crippen molar-refractivity contribution in [2.24, 2.45) is 0 Å². The topological polar surface area (TPSA) is 54.2 Å². The Bertz CT molecular complexity index is 374. The quantitative estimate of drug-likeness (QED) is 0.886. The highest BCUT2D eigenvalue weighted by molar-refractivity contribution is 9.10. The zero-order chi connectivity index (χ0) is 11.7. The lowest BCUT2D eigenvalue weighted by Gasteiger charge is -2.41. The van der Waals surface area contributed by atoms with Crippen molar-refractivity contribution < 1.29 is 0 Å². The van der Waals surface area contributed by atoms with Crippen LogP contribution >= 0.6 is 15.9 Å². The van der Waals surface area contributed by atoms with Crippen LogP contribution in [0.1, 0.15) is 13.8 Å². The molecule has 0 unspecified atom stereocenters. The zero-order valence-corrected chi connectivity index (χ0v) is 11.2. The molecule has 0 atom stereocenters. The van der Waals surface area contributed by atoms with Gasteiger partial charge in [0, 0.05) is 35.8 Å². The van der Waals surface area contributed by atoms with Gasteiger partial charge in [-0.1, -0.05) is 13.8 Å². The molecule has 1 aromatic rings. The van der Waals surface area contributed by atoms with Crippen LogP contribution in [0, 0.1) is 0 Å². The van der Waals surface area contributed by atoms with Crippen molar-refractivity contribution in [1.82, 2.24) is 10.3 Å². The van der Waals surface area contributed by atoms with Gasteiger partial charge in [0.1, 0.15) is 0 Å². The Morgan fingerprint density at radius 3 is 2.81 bits per heavy atom. The third-order valence-corrected chi connectivity index (χ3v) is 3.05. The first kappa shape index (κ1) is 11.7. The zero-order valence-electron chi connectivity index (χ0n) is 9.57. The van der Waals surface area contributed by atoms with Gasteiger partial charge in [0.2, 0.25) is 0 Å². The first-order chi connectivity index (χ1) is 7.56. The third kappa shape index (κ3) is 2.47. The molecule has 2 heterocycles. The Kier molecular flexibility index (Phi) is 3.35. The van der Waals surface area contributed by atoms with Gasteiger partial charge in [0.25, 0.3) is 0 Å². The normalized spacial score (nSPS) is 16.6. The van der Waals surface area contributed by atoms with Gasteiger partial charge in [-0.15, -0.1) is 0 Å². The Morgan fingerprint density at radius 2 is 2.25 bits per heavy atom. The summed E-state index contributed by atoms with van der Waals surface area (Å²) in [6.45, 7) is 6.29. The van der Waals surface area contributed by atoms with Crippen molar-refractivity contribution >= 4 is 27.4 Å². The average Bonchev–Trinajstić information content (AvgIpc) is 2.11. The van der Waals surface area contributed by atoms with Crippen molar-refractivity contribution in [2.45, 2.75) is 25.9 Å². The fourth-order valence-corrected chi connectivity index (χ4v) is 2.29. The summed E-state index contributed by atoms with van der Waals surface area (Å²) in [7, 11) is 0. The summed E-state index contributed by atoms with van der Waals surface area (Å²) in [6.07, 6.45) is 1.79. The predicted octanol–water partition coefficient (Wildman–Crippen LogP) is 1.61. The maximum Gasteiger partial charge on any atom is 0.151 e. The van der Waals surface area contributed by atoms with Crippen LogP contribution in [0.5, 0.6) is 0 Å². The summed E-state index contributed by atoms with van der Waals surface area (Å²) in [6, 6.07) is 2.98. The minimum absolute atomic E-state index is 0.530. The molecule has 2 rings (SSSR count). The van der Waals surface area contributed by atoms with Crippen LogP contribution in [0.4, 0.5) is 11.5 Å². The molecule has 1 saturated heterocycles. The second-order valence-electron chi connectivity index (χ2n) is 4.49. The summed E-state index contributed by atoms with van der Waals surface area (Å²) in [5, 5.41) is 3.49. The van der Waals surface area contributed by atoms with E-state index in [4.69, 9.17) is 5.73 Å². The second-order valence-corrected chi connectivity index (χ2v) is 5.41. The van der Waals surface area contributed by atoms with Gasteiger partial charge in [-0.2, -0.15) is 0 Å². The molecule has 0 saturated carbocycles. The number of aromatic nitrogens is 1. The largest absolute Gasteiger partial charge is 0.396 e. The molecule has 5 heteroatoms. The molecule has 1 fully saturated rings. The van der Waals surface area contributed by atoms with Gasteiger partial charge in [0.15, 0.2) is 5.82 Å². The van der Waals surface area contributed by atoms with Gasteiger partial charge in [-0.25, -0.2) is 4.98 Å². The van der Waals surface area contributed by atoms with Crippen LogP contribution < -0.4 is 16.0 Å². The van der Waals surface area contributed by atoms with Crippen LogP contribution in [0.15, 0.2) is 16.7 Å². The molecule has 0 amide bonds. The summed E-state index contributed by atoms with van der Waals surface area (Å²) < 4.78 is 0.922. The van der Waals surface area contributed by atoms with E-state index in [0.29, 0.717) is 12.1 Å². The number of nitrogens with zero attached hydrogens (tertiary/aromatic N) is 2. The molecule has 0 aromatic carbocycles. The van der Waals surface area contributed by atoms with E-state index in [1.165, 1.54) is 0 Å². The first-order valence-electron chi connectivity index (χ1n) is 5.48. The highest BCUT2D eigenvalue weighted by Crippen LogP contribution is 2.27. The Hall–Kier alpha value is -0.810. The highest BCUT2D eigenvalue weighted by atomic mass is 79.9. The molecule has 3 N–H and O–H groups in total. The Labute approximate surface area is 104 Å². The highest BCUT2D eigenvalue weighted by Gasteiger charge is 2.28. The number of nitrogens with two attached hydrogens (primary N) is 1.